The molecule has 0 bridgehead atoms. The Kier molecular flexibility index (Phi) is 10.5. The van der Waals surface area contributed by atoms with Gasteiger partial charge in [-0.15, -0.1) is 24.8 Å². The molecule has 1 aromatic rings. The lowest BCUT2D eigenvalue weighted by molar-refractivity contribution is -0.126. The smallest absolute Gasteiger partial charge is 0.223 e. The van der Waals surface area contributed by atoms with Crippen LogP contribution in [0.5, 0.6) is 5.88 Å². The number of nitrogens with two attached hydrogens (primary N) is 1. The SMILES string of the molecule is Cl.Cl.NC[C@H]1CCC[C@H]1C(=O)NCCOc1ccc(Cl)cn1. The number of nitrogens with one attached hydrogen (secondary N) is 1. The van der Waals surface area contributed by atoms with Crippen LogP contribution in [-0.2, 0) is 4.79 Å². The molecule has 1 aliphatic carbocycles. The van der Waals surface area contributed by atoms with Crippen molar-refractivity contribution in [3.05, 3.63) is 23.4 Å². The van der Waals surface area contributed by atoms with E-state index in [1.807, 2.05) is 0 Å². The average Bonchev–Trinajstić information content (AvgIpc) is 2.94. The van der Waals surface area contributed by atoms with Gasteiger partial charge in [0, 0.05) is 18.2 Å². The summed E-state index contributed by atoms with van der Waals surface area (Å²) < 4.78 is 5.42. The number of nitrogens with zero attached hydrogens (tertiary/aromatic N) is 1. The van der Waals surface area contributed by atoms with Crippen LogP contribution in [0, 0.1) is 11.8 Å². The van der Waals surface area contributed by atoms with Gasteiger partial charge in [-0.3, -0.25) is 4.79 Å². The van der Waals surface area contributed by atoms with Crippen LogP contribution in [0.1, 0.15) is 19.3 Å². The number of amides is 1. The number of hydrogen-bond acceptors (Lipinski definition) is 4. The van der Waals surface area contributed by atoms with Crippen molar-refractivity contribution in [1.82, 2.24) is 10.3 Å². The van der Waals surface area contributed by atoms with Crippen molar-refractivity contribution >= 4 is 42.3 Å². The normalized spacial score (nSPS) is 19.7. The first-order chi connectivity index (χ1) is 9.70. The van der Waals surface area contributed by atoms with E-state index >= 15 is 0 Å². The van der Waals surface area contributed by atoms with Crippen molar-refractivity contribution in [2.75, 3.05) is 19.7 Å². The van der Waals surface area contributed by atoms with Crippen molar-refractivity contribution in [2.45, 2.75) is 19.3 Å². The third kappa shape index (κ3) is 6.16. The first kappa shape index (κ1) is 21.2. The maximum Gasteiger partial charge on any atom is 0.223 e. The van der Waals surface area contributed by atoms with E-state index in [2.05, 4.69) is 10.3 Å². The highest BCUT2D eigenvalue weighted by molar-refractivity contribution is 6.30. The maximum absolute atomic E-state index is 12.0. The lowest BCUT2D eigenvalue weighted by atomic mass is 9.95. The van der Waals surface area contributed by atoms with E-state index in [4.69, 9.17) is 22.1 Å². The third-order valence-electron chi connectivity index (χ3n) is 3.65. The number of carbonyl (C=O) groups is 1. The maximum atomic E-state index is 12.0. The molecular weight excluding hydrogens is 349 g/mol. The van der Waals surface area contributed by atoms with Crippen molar-refractivity contribution in [2.24, 2.45) is 17.6 Å². The Morgan fingerprint density at radius 2 is 2.18 bits per heavy atom. The van der Waals surface area contributed by atoms with Gasteiger partial charge in [-0.2, -0.15) is 0 Å². The Morgan fingerprint density at radius 1 is 1.41 bits per heavy atom. The second-order valence-electron chi connectivity index (χ2n) is 4.99. The average molecular weight is 371 g/mol. The van der Waals surface area contributed by atoms with E-state index in [-0.39, 0.29) is 36.6 Å². The highest BCUT2D eigenvalue weighted by Gasteiger charge is 2.31. The van der Waals surface area contributed by atoms with Crippen molar-refractivity contribution in [3.8, 4) is 5.88 Å². The molecule has 1 aromatic heterocycles. The zero-order chi connectivity index (χ0) is 14.4. The van der Waals surface area contributed by atoms with Crippen LogP contribution in [0.3, 0.4) is 0 Å². The van der Waals surface area contributed by atoms with E-state index in [9.17, 15) is 4.79 Å². The summed E-state index contributed by atoms with van der Waals surface area (Å²) in [5, 5.41) is 3.47. The van der Waals surface area contributed by atoms with E-state index in [0.29, 0.717) is 36.5 Å². The minimum atomic E-state index is 0. The van der Waals surface area contributed by atoms with Crippen molar-refractivity contribution < 1.29 is 9.53 Å². The Hall–Kier alpha value is -0.750. The molecule has 126 valence electrons. The van der Waals surface area contributed by atoms with Gasteiger partial charge < -0.3 is 15.8 Å². The first-order valence-corrected chi connectivity index (χ1v) is 7.30. The molecule has 0 saturated heterocycles. The molecule has 1 aliphatic rings. The number of pyridine rings is 1. The predicted octanol–water partition coefficient (Wildman–Crippen LogP) is 2.45. The molecule has 1 saturated carbocycles. The van der Waals surface area contributed by atoms with Crippen LogP contribution in [0.4, 0.5) is 0 Å². The van der Waals surface area contributed by atoms with Gasteiger partial charge in [0.1, 0.15) is 6.61 Å². The zero-order valence-corrected chi connectivity index (χ0v) is 14.6. The molecule has 0 aromatic carbocycles. The topological polar surface area (TPSA) is 77.2 Å². The van der Waals surface area contributed by atoms with Crippen LogP contribution < -0.4 is 15.8 Å². The highest BCUT2D eigenvalue weighted by atomic mass is 35.5. The number of carbonyl (C=O) groups excluding carboxylic acids is 1. The summed E-state index contributed by atoms with van der Waals surface area (Å²) in [6.07, 6.45) is 4.61. The van der Waals surface area contributed by atoms with Gasteiger partial charge in [0.25, 0.3) is 0 Å². The highest BCUT2D eigenvalue weighted by Crippen LogP contribution is 2.30. The zero-order valence-electron chi connectivity index (χ0n) is 12.2. The standard InChI is InChI=1S/C14H20ClN3O2.2ClH/c15-11-4-5-13(18-9-11)20-7-6-17-14(19)12-3-1-2-10(12)8-16;;/h4-5,9-10,12H,1-3,6-8,16H2,(H,17,19);2*1H/t10-,12-;;/m1../s1. The van der Waals surface area contributed by atoms with Crippen LogP contribution in [0.25, 0.3) is 0 Å². The second kappa shape index (κ2) is 10.9. The molecule has 3 N–H and O–H groups in total. The Bertz CT molecular complexity index is 445. The predicted molar refractivity (Wildman–Crippen MR) is 92.1 cm³/mol. The van der Waals surface area contributed by atoms with Gasteiger partial charge in [-0.05, 0) is 31.4 Å². The second-order valence-corrected chi connectivity index (χ2v) is 5.42. The summed E-state index contributed by atoms with van der Waals surface area (Å²) in [7, 11) is 0. The van der Waals surface area contributed by atoms with Crippen LogP contribution in [0.15, 0.2) is 18.3 Å². The molecule has 0 spiro atoms. The molecular formula is C14H22Cl3N3O2. The summed E-state index contributed by atoms with van der Waals surface area (Å²) in [6.45, 7) is 1.45. The molecule has 2 rings (SSSR count). The molecule has 0 radical (unpaired) electrons. The Balaban J connectivity index is 0.00000220. The minimum absolute atomic E-state index is 0. The molecule has 8 heteroatoms. The molecule has 1 amide bonds. The van der Waals surface area contributed by atoms with Gasteiger partial charge in [0.05, 0.1) is 11.6 Å². The number of aromatic nitrogens is 1. The van der Waals surface area contributed by atoms with Gasteiger partial charge in [0.2, 0.25) is 11.8 Å². The number of halogens is 3. The number of ether oxygens (including phenoxy) is 1. The largest absolute Gasteiger partial charge is 0.476 e. The fourth-order valence-electron chi connectivity index (χ4n) is 2.57. The van der Waals surface area contributed by atoms with E-state index < -0.39 is 0 Å². The summed E-state index contributed by atoms with van der Waals surface area (Å²) >= 11 is 5.73. The molecule has 1 fully saturated rings. The minimum Gasteiger partial charge on any atom is -0.476 e. The molecule has 5 nitrogen and oxygen atoms in total. The Labute approximate surface area is 148 Å². The summed E-state index contributed by atoms with van der Waals surface area (Å²) in [4.78, 5) is 16.0. The van der Waals surface area contributed by atoms with Gasteiger partial charge in [-0.25, -0.2) is 4.98 Å². The number of rotatable bonds is 6. The quantitative estimate of drug-likeness (QED) is 0.754. The fourth-order valence-corrected chi connectivity index (χ4v) is 2.68. The summed E-state index contributed by atoms with van der Waals surface area (Å²) in [6, 6.07) is 3.42. The third-order valence-corrected chi connectivity index (χ3v) is 3.87. The van der Waals surface area contributed by atoms with Crippen LogP contribution >= 0.6 is 36.4 Å². The van der Waals surface area contributed by atoms with Gasteiger partial charge in [0.15, 0.2) is 0 Å². The van der Waals surface area contributed by atoms with Crippen LogP contribution in [0.2, 0.25) is 5.02 Å². The molecule has 2 atom stereocenters. The first-order valence-electron chi connectivity index (χ1n) is 6.93. The van der Waals surface area contributed by atoms with Crippen molar-refractivity contribution in [1.29, 1.82) is 0 Å². The number of hydrogen-bond donors (Lipinski definition) is 2. The van der Waals surface area contributed by atoms with E-state index in [1.54, 1.807) is 12.1 Å². The molecule has 22 heavy (non-hydrogen) atoms. The monoisotopic (exact) mass is 369 g/mol. The molecule has 0 aliphatic heterocycles. The molecule has 1 heterocycles. The van der Waals surface area contributed by atoms with Gasteiger partial charge in [-0.1, -0.05) is 18.0 Å². The molecule has 0 unspecified atom stereocenters. The lowest BCUT2D eigenvalue weighted by Crippen LogP contribution is -2.37. The van der Waals surface area contributed by atoms with Gasteiger partial charge >= 0.3 is 0 Å². The fraction of sp³-hybridized carbons (Fsp3) is 0.571. The summed E-state index contributed by atoms with van der Waals surface area (Å²) in [5.41, 5.74) is 5.68. The Morgan fingerprint density at radius 3 is 2.82 bits per heavy atom. The van der Waals surface area contributed by atoms with Crippen molar-refractivity contribution in [3.63, 3.8) is 0 Å². The van der Waals surface area contributed by atoms with E-state index in [1.165, 1.54) is 6.20 Å². The van der Waals surface area contributed by atoms with Crippen LogP contribution in [-0.4, -0.2) is 30.6 Å². The summed E-state index contributed by atoms with van der Waals surface area (Å²) in [5.74, 6) is 0.984. The lowest BCUT2D eigenvalue weighted by Gasteiger charge is -2.17. The van der Waals surface area contributed by atoms with E-state index in [0.717, 1.165) is 19.3 Å².